The van der Waals surface area contributed by atoms with E-state index in [1.807, 2.05) is 26.0 Å². The highest BCUT2D eigenvalue weighted by Gasteiger charge is 2.18. The number of hydrogen-bond acceptors (Lipinski definition) is 1. The van der Waals surface area contributed by atoms with Crippen LogP contribution in [0.5, 0.6) is 0 Å². The van der Waals surface area contributed by atoms with Crippen molar-refractivity contribution < 1.29 is 5.11 Å². The Hall–Kier alpha value is -0.340. The number of rotatable bonds is 2. The Morgan fingerprint density at radius 2 is 2.00 bits per heavy atom. The molecule has 0 aromatic heterocycles. The van der Waals surface area contributed by atoms with Gasteiger partial charge < -0.3 is 5.11 Å². The van der Waals surface area contributed by atoms with Crippen LogP contribution < -0.4 is 0 Å². The van der Waals surface area contributed by atoms with Crippen LogP contribution in [0.4, 0.5) is 0 Å². The lowest BCUT2D eigenvalue weighted by Crippen LogP contribution is -2.17. The molecule has 0 atom stereocenters. The molecule has 0 aliphatic heterocycles. The van der Waals surface area contributed by atoms with Crippen molar-refractivity contribution >= 4 is 15.9 Å². The van der Waals surface area contributed by atoms with E-state index in [2.05, 4.69) is 28.9 Å². The average molecular weight is 243 g/mol. The zero-order valence-corrected chi connectivity index (χ0v) is 9.85. The van der Waals surface area contributed by atoms with Crippen LogP contribution in [0.15, 0.2) is 22.7 Å². The minimum Gasteiger partial charge on any atom is -0.386 e. The second-order valence-corrected chi connectivity index (χ2v) is 4.63. The summed E-state index contributed by atoms with van der Waals surface area (Å²) in [6.45, 7) is 5.72. The first-order chi connectivity index (χ1) is 5.95. The number of benzene rings is 1. The van der Waals surface area contributed by atoms with E-state index >= 15 is 0 Å². The quantitative estimate of drug-likeness (QED) is 0.845. The molecule has 1 rings (SSSR count). The normalized spacial score (nSPS) is 11.8. The molecule has 0 aliphatic carbocycles. The summed E-state index contributed by atoms with van der Waals surface area (Å²) in [4.78, 5) is 0. The van der Waals surface area contributed by atoms with Crippen molar-refractivity contribution in [1.29, 1.82) is 0 Å². The molecule has 0 fully saturated rings. The topological polar surface area (TPSA) is 20.2 Å². The van der Waals surface area contributed by atoms with Gasteiger partial charge in [0.25, 0.3) is 0 Å². The van der Waals surface area contributed by atoms with Gasteiger partial charge >= 0.3 is 0 Å². The van der Waals surface area contributed by atoms with Gasteiger partial charge in [0.1, 0.15) is 0 Å². The number of aliphatic hydroxyl groups is 1. The van der Waals surface area contributed by atoms with Crippen LogP contribution >= 0.6 is 15.9 Å². The summed E-state index contributed by atoms with van der Waals surface area (Å²) in [5.74, 6) is 0. The number of aryl methyl sites for hydroxylation is 1. The van der Waals surface area contributed by atoms with Crippen LogP contribution in [0.2, 0.25) is 0 Å². The largest absolute Gasteiger partial charge is 0.386 e. The summed E-state index contributed by atoms with van der Waals surface area (Å²) in [7, 11) is 0. The summed E-state index contributed by atoms with van der Waals surface area (Å²) < 4.78 is 1.07. The predicted octanol–water partition coefficient (Wildman–Crippen LogP) is 3.24. The monoisotopic (exact) mass is 242 g/mol. The molecule has 1 aromatic rings. The van der Waals surface area contributed by atoms with Crippen LogP contribution in [-0.2, 0) is 12.0 Å². The van der Waals surface area contributed by atoms with Crippen LogP contribution in [0.3, 0.4) is 0 Å². The maximum absolute atomic E-state index is 9.88. The number of halogens is 1. The molecule has 0 unspecified atom stereocenters. The average Bonchev–Trinajstić information content (AvgIpc) is 2.01. The summed E-state index contributed by atoms with van der Waals surface area (Å²) >= 11 is 3.42. The van der Waals surface area contributed by atoms with Gasteiger partial charge in [-0.3, -0.25) is 0 Å². The van der Waals surface area contributed by atoms with Crippen molar-refractivity contribution in [3.63, 3.8) is 0 Å². The second kappa shape index (κ2) is 3.81. The zero-order chi connectivity index (χ0) is 10.1. The van der Waals surface area contributed by atoms with Crippen molar-refractivity contribution in [3.05, 3.63) is 33.8 Å². The zero-order valence-electron chi connectivity index (χ0n) is 8.26. The van der Waals surface area contributed by atoms with Crippen molar-refractivity contribution in [3.8, 4) is 0 Å². The molecule has 0 bridgehead atoms. The predicted molar refractivity (Wildman–Crippen MR) is 58.8 cm³/mol. The molecule has 0 aliphatic rings. The van der Waals surface area contributed by atoms with E-state index in [9.17, 15) is 5.11 Å². The minimum atomic E-state index is -0.744. The minimum absolute atomic E-state index is 0.744. The van der Waals surface area contributed by atoms with Gasteiger partial charge in [-0.15, -0.1) is 0 Å². The first-order valence-corrected chi connectivity index (χ1v) is 5.25. The fourth-order valence-electron chi connectivity index (χ4n) is 1.45. The Labute approximate surface area is 87.9 Å². The third-order valence-corrected chi connectivity index (χ3v) is 2.60. The molecular weight excluding hydrogens is 228 g/mol. The fraction of sp³-hybridized carbons (Fsp3) is 0.455. The molecule has 0 saturated carbocycles. The molecule has 72 valence electrons. The van der Waals surface area contributed by atoms with E-state index in [0.717, 1.165) is 16.5 Å². The van der Waals surface area contributed by atoms with E-state index in [4.69, 9.17) is 0 Å². The Morgan fingerprint density at radius 3 is 2.46 bits per heavy atom. The Morgan fingerprint density at radius 1 is 1.38 bits per heavy atom. The Kier molecular flexibility index (Phi) is 3.14. The summed E-state index contributed by atoms with van der Waals surface area (Å²) in [6.07, 6.45) is 0.943. The lowest BCUT2D eigenvalue weighted by molar-refractivity contribution is 0.0776. The molecule has 1 nitrogen and oxygen atoms in total. The first-order valence-electron chi connectivity index (χ1n) is 4.46. The summed E-state index contributed by atoms with van der Waals surface area (Å²) in [5, 5.41) is 9.88. The maximum Gasteiger partial charge on any atom is 0.0843 e. The van der Waals surface area contributed by atoms with Crippen molar-refractivity contribution in [2.75, 3.05) is 0 Å². The lowest BCUT2D eigenvalue weighted by atomic mass is 9.92. The molecule has 0 heterocycles. The summed E-state index contributed by atoms with van der Waals surface area (Å²) in [5.41, 5.74) is 1.46. The van der Waals surface area contributed by atoms with Gasteiger partial charge in [0.15, 0.2) is 0 Å². The van der Waals surface area contributed by atoms with Gasteiger partial charge in [-0.25, -0.2) is 0 Å². The van der Waals surface area contributed by atoms with Gasteiger partial charge in [-0.1, -0.05) is 28.9 Å². The van der Waals surface area contributed by atoms with Crippen LogP contribution in [0.1, 0.15) is 31.9 Å². The smallest absolute Gasteiger partial charge is 0.0843 e. The van der Waals surface area contributed by atoms with Crippen LogP contribution in [-0.4, -0.2) is 5.11 Å². The third-order valence-electron chi connectivity index (χ3n) is 2.11. The third kappa shape index (κ3) is 2.55. The van der Waals surface area contributed by atoms with Crippen LogP contribution in [0.25, 0.3) is 0 Å². The van der Waals surface area contributed by atoms with Gasteiger partial charge in [-0.2, -0.15) is 0 Å². The standard InChI is InChI=1S/C11H15BrO/c1-4-8-7-9(12)5-6-10(8)11(2,3)13/h5-7,13H,4H2,1-3H3. The van der Waals surface area contributed by atoms with Gasteiger partial charge in [-0.05, 0) is 43.5 Å². The van der Waals surface area contributed by atoms with E-state index < -0.39 is 5.60 Å². The SMILES string of the molecule is CCc1cc(Br)ccc1C(C)(C)O. The Balaban J connectivity index is 3.22. The molecular formula is C11H15BrO. The fourth-order valence-corrected chi connectivity index (χ4v) is 1.86. The molecule has 1 aromatic carbocycles. The van der Waals surface area contributed by atoms with E-state index in [-0.39, 0.29) is 0 Å². The first kappa shape index (κ1) is 10.7. The highest BCUT2D eigenvalue weighted by atomic mass is 79.9. The van der Waals surface area contributed by atoms with E-state index in [1.54, 1.807) is 0 Å². The molecule has 0 radical (unpaired) electrons. The van der Waals surface area contributed by atoms with E-state index in [0.29, 0.717) is 0 Å². The van der Waals surface area contributed by atoms with Gasteiger partial charge in [0, 0.05) is 4.47 Å². The highest BCUT2D eigenvalue weighted by molar-refractivity contribution is 9.10. The van der Waals surface area contributed by atoms with Gasteiger partial charge in [0.05, 0.1) is 5.60 Å². The lowest BCUT2D eigenvalue weighted by Gasteiger charge is -2.21. The van der Waals surface area contributed by atoms with E-state index in [1.165, 1.54) is 5.56 Å². The molecule has 0 spiro atoms. The van der Waals surface area contributed by atoms with Crippen LogP contribution in [0, 0.1) is 0 Å². The number of hydrogen-bond donors (Lipinski definition) is 1. The highest BCUT2D eigenvalue weighted by Crippen LogP contribution is 2.26. The maximum atomic E-state index is 9.88. The van der Waals surface area contributed by atoms with Gasteiger partial charge in [0.2, 0.25) is 0 Å². The van der Waals surface area contributed by atoms with Crippen molar-refractivity contribution in [1.82, 2.24) is 0 Å². The van der Waals surface area contributed by atoms with Crippen molar-refractivity contribution in [2.45, 2.75) is 32.8 Å². The van der Waals surface area contributed by atoms with Crippen molar-refractivity contribution in [2.24, 2.45) is 0 Å². The second-order valence-electron chi connectivity index (χ2n) is 3.71. The molecule has 0 saturated heterocycles. The molecule has 2 heteroatoms. The Bertz CT molecular complexity index is 299. The summed E-state index contributed by atoms with van der Waals surface area (Å²) in [6, 6.07) is 6.00. The molecule has 13 heavy (non-hydrogen) atoms. The molecule has 0 amide bonds. The molecule has 1 N–H and O–H groups in total.